The van der Waals surface area contributed by atoms with Crippen molar-refractivity contribution in [3.8, 4) is 0 Å². The summed E-state index contributed by atoms with van der Waals surface area (Å²) < 4.78 is 53.2. The molecule has 0 aliphatic rings. The molecule has 7 heteroatoms. The number of rotatable bonds is 6. The first-order valence-electron chi connectivity index (χ1n) is 5.97. The Hall–Kier alpha value is -1.31. The van der Waals surface area contributed by atoms with Gasteiger partial charge in [-0.25, -0.2) is 17.2 Å². The Morgan fingerprint density at radius 2 is 2.00 bits per heavy atom. The van der Waals surface area contributed by atoms with Crippen molar-refractivity contribution in [1.29, 1.82) is 0 Å². The number of hydrogen-bond acceptors (Lipinski definition) is 3. The van der Waals surface area contributed by atoms with Crippen LogP contribution in [0.4, 0.5) is 8.78 Å². The van der Waals surface area contributed by atoms with Crippen LogP contribution in [0, 0.1) is 11.6 Å². The van der Waals surface area contributed by atoms with E-state index in [1.165, 1.54) is 6.08 Å². The molecule has 1 aromatic rings. The minimum Gasteiger partial charge on any atom is -0.391 e. The summed E-state index contributed by atoms with van der Waals surface area (Å²) in [6.45, 7) is 5.82. The van der Waals surface area contributed by atoms with E-state index in [2.05, 4.69) is 6.58 Å². The lowest BCUT2D eigenvalue weighted by molar-refractivity contribution is 0.267. The molecule has 0 aliphatic heterocycles. The minimum atomic E-state index is -4.13. The summed E-state index contributed by atoms with van der Waals surface area (Å²) in [6, 6.07) is 1.27. The molecule has 4 nitrogen and oxygen atoms in total. The third kappa shape index (κ3) is 3.05. The molecular formula is C13H17F2NO3S. The Morgan fingerprint density at radius 3 is 2.45 bits per heavy atom. The zero-order chi connectivity index (χ0) is 15.5. The highest BCUT2D eigenvalue weighted by atomic mass is 32.2. The number of nitrogens with zero attached hydrogens (tertiary/aromatic N) is 1. The lowest BCUT2D eigenvalue weighted by atomic mass is 10.2. The molecule has 1 N–H and O–H groups in total. The van der Waals surface area contributed by atoms with Gasteiger partial charge in [-0.05, 0) is 26.0 Å². The smallest absolute Gasteiger partial charge is 0.246 e. The molecule has 1 rings (SSSR count). The summed E-state index contributed by atoms with van der Waals surface area (Å²) in [5.74, 6) is -2.24. The molecular weight excluding hydrogens is 288 g/mol. The maximum Gasteiger partial charge on any atom is 0.246 e. The topological polar surface area (TPSA) is 57.6 Å². The van der Waals surface area contributed by atoms with Gasteiger partial charge in [0.05, 0.1) is 12.2 Å². The summed E-state index contributed by atoms with van der Waals surface area (Å²) in [6.07, 6.45) is 1.38. The van der Waals surface area contributed by atoms with Crippen molar-refractivity contribution in [1.82, 2.24) is 4.31 Å². The average molecular weight is 305 g/mol. The van der Waals surface area contributed by atoms with Crippen LogP contribution in [0.2, 0.25) is 0 Å². The highest BCUT2D eigenvalue weighted by Crippen LogP contribution is 2.25. The van der Waals surface area contributed by atoms with E-state index in [1.807, 2.05) is 0 Å². The van der Waals surface area contributed by atoms with Gasteiger partial charge in [-0.2, -0.15) is 4.31 Å². The predicted octanol–water partition coefficient (Wildman–Crippen LogP) is 2.04. The first kappa shape index (κ1) is 16.7. The molecule has 0 radical (unpaired) electrons. The van der Waals surface area contributed by atoms with E-state index in [1.54, 1.807) is 13.8 Å². The fourth-order valence-electron chi connectivity index (χ4n) is 1.76. The molecule has 0 fully saturated rings. The van der Waals surface area contributed by atoms with Gasteiger partial charge >= 0.3 is 0 Å². The predicted molar refractivity (Wildman–Crippen MR) is 71.5 cm³/mol. The highest BCUT2D eigenvalue weighted by Gasteiger charge is 2.30. The first-order valence-corrected chi connectivity index (χ1v) is 7.41. The van der Waals surface area contributed by atoms with Gasteiger partial charge in [-0.1, -0.05) is 6.08 Å². The van der Waals surface area contributed by atoms with Crippen molar-refractivity contribution < 1.29 is 22.3 Å². The van der Waals surface area contributed by atoms with Gasteiger partial charge in [-0.15, -0.1) is 6.58 Å². The van der Waals surface area contributed by atoms with E-state index >= 15 is 0 Å². The quantitative estimate of drug-likeness (QED) is 0.818. The highest BCUT2D eigenvalue weighted by molar-refractivity contribution is 7.89. The van der Waals surface area contributed by atoms with Crippen LogP contribution >= 0.6 is 0 Å². The second-order valence-corrected chi connectivity index (χ2v) is 6.31. The van der Waals surface area contributed by atoms with Gasteiger partial charge in [0.1, 0.15) is 10.7 Å². The molecule has 0 saturated heterocycles. The van der Waals surface area contributed by atoms with Gasteiger partial charge in [0.15, 0.2) is 5.82 Å². The Balaban J connectivity index is 3.46. The van der Waals surface area contributed by atoms with Gasteiger partial charge in [0.25, 0.3) is 0 Å². The van der Waals surface area contributed by atoms with Crippen LogP contribution in [-0.4, -0.2) is 30.4 Å². The maximum absolute atomic E-state index is 14.1. The van der Waals surface area contributed by atoms with Crippen LogP contribution < -0.4 is 0 Å². The Kier molecular flexibility index (Phi) is 5.38. The number of aliphatic hydroxyl groups excluding tert-OH is 1. The Morgan fingerprint density at radius 1 is 1.40 bits per heavy atom. The van der Waals surface area contributed by atoms with Crippen molar-refractivity contribution in [3.63, 3.8) is 0 Å². The van der Waals surface area contributed by atoms with Crippen molar-refractivity contribution in [2.45, 2.75) is 31.4 Å². The van der Waals surface area contributed by atoms with Crippen molar-refractivity contribution in [2.75, 3.05) is 6.54 Å². The Labute approximate surface area is 117 Å². The van der Waals surface area contributed by atoms with Crippen LogP contribution in [0.15, 0.2) is 29.7 Å². The molecule has 0 aliphatic carbocycles. The van der Waals surface area contributed by atoms with Gasteiger partial charge < -0.3 is 5.11 Å². The SMILES string of the molecule is C=CCN(C(C)C)S(=O)(=O)c1ccc(F)c(CO)c1F. The van der Waals surface area contributed by atoms with E-state index in [0.29, 0.717) is 0 Å². The van der Waals surface area contributed by atoms with E-state index in [-0.39, 0.29) is 6.54 Å². The van der Waals surface area contributed by atoms with E-state index < -0.39 is 44.8 Å². The maximum atomic E-state index is 14.1. The van der Waals surface area contributed by atoms with Gasteiger partial charge in [0.2, 0.25) is 10.0 Å². The first-order chi connectivity index (χ1) is 9.27. The standard InChI is InChI=1S/C13H17F2NO3S/c1-4-7-16(9(2)3)20(18,19)12-6-5-11(14)10(8-17)13(12)15/h4-6,9,17H,1,7-8H2,2-3H3. The molecule has 0 unspecified atom stereocenters. The van der Waals surface area contributed by atoms with E-state index in [4.69, 9.17) is 5.11 Å². The lowest BCUT2D eigenvalue weighted by Crippen LogP contribution is -2.37. The normalized spacial score (nSPS) is 12.2. The monoisotopic (exact) mass is 305 g/mol. The van der Waals surface area contributed by atoms with Crippen molar-refractivity contribution in [3.05, 3.63) is 42.0 Å². The molecule has 20 heavy (non-hydrogen) atoms. The van der Waals surface area contributed by atoms with Crippen LogP contribution in [0.1, 0.15) is 19.4 Å². The number of aliphatic hydroxyl groups is 1. The van der Waals surface area contributed by atoms with Gasteiger partial charge in [-0.3, -0.25) is 0 Å². The number of halogens is 2. The molecule has 0 saturated carbocycles. The number of sulfonamides is 1. The largest absolute Gasteiger partial charge is 0.391 e. The Bertz CT molecular complexity index is 600. The summed E-state index contributed by atoms with van der Waals surface area (Å²) in [7, 11) is -4.13. The van der Waals surface area contributed by atoms with Crippen LogP contribution in [-0.2, 0) is 16.6 Å². The van der Waals surface area contributed by atoms with Crippen LogP contribution in [0.5, 0.6) is 0 Å². The molecule has 0 spiro atoms. The summed E-state index contributed by atoms with van der Waals surface area (Å²) in [5.41, 5.74) is -0.659. The fraction of sp³-hybridized carbons (Fsp3) is 0.385. The lowest BCUT2D eigenvalue weighted by Gasteiger charge is -2.25. The van der Waals surface area contributed by atoms with Crippen molar-refractivity contribution >= 4 is 10.0 Å². The summed E-state index contributed by atoms with van der Waals surface area (Å²) in [5, 5.41) is 8.94. The van der Waals surface area contributed by atoms with Crippen LogP contribution in [0.25, 0.3) is 0 Å². The van der Waals surface area contributed by atoms with Crippen LogP contribution in [0.3, 0.4) is 0 Å². The molecule has 0 heterocycles. The molecule has 0 atom stereocenters. The summed E-state index contributed by atoms with van der Waals surface area (Å²) >= 11 is 0. The second kappa shape index (κ2) is 6.43. The third-order valence-corrected chi connectivity index (χ3v) is 4.84. The third-order valence-electron chi connectivity index (χ3n) is 2.78. The molecule has 112 valence electrons. The van der Waals surface area contributed by atoms with Gasteiger partial charge in [0, 0.05) is 12.6 Å². The molecule has 1 aromatic carbocycles. The summed E-state index contributed by atoms with van der Waals surface area (Å²) in [4.78, 5) is -0.654. The fourth-order valence-corrected chi connectivity index (χ4v) is 3.46. The molecule has 0 bridgehead atoms. The van der Waals surface area contributed by atoms with E-state index in [9.17, 15) is 17.2 Å². The second-order valence-electron chi connectivity index (χ2n) is 4.45. The molecule has 0 amide bonds. The number of benzene rings is 1. The zero-order valence-electron chi connectivity index (χ0n) is 11.3. The minimum absolute atomic E-state index is 0.00523. The molecule has 0 aromatic heterocycles. The zero-order valence-corrected chi connectivity index (χ0v) is 12.1. The number of hydrogen-bond donors (Lipinski definition) is 1. The average Bonchev–Trinajstić information content (AvgIpc) is 2.35. The van der Waals surface area contributed by atoms with Crippen molar-refractivity contribution in [2.24, 2.45) is 0 Å². The van der Waals surface area contributed by atoms with E-state index in [0.717, 1.165) is 16.4 Å².